The lowest BCUT2D eigenvalue weighted by Gasteiger charge is -2.22. The zero-order chi connectivity index (χ0) is 14.9. The van der Waals surface area contributed by atoms with Gasteiger partial charge in [-0.1, -0.05) is 0 Å². The van der Waals surface area contributed by atoms with Gasteiger partial charge in [0.2, 0.25) is 5.72 Å². The van der Waals surface area contributed by atoms with E-state index in [2.05, 4.69) is 15.5 Å². The molecule has 4 heterocycles. The van der Waals surface area contributed by atoms with E-state index in [1.807, 2.05) is 15.8 Å². The maximum absolute atomic E-state index is 12.6. The average molecular weight is 315 g/mol. The van der Waals surface area contributed by atoms with Crippen molar-refractivity contribution in [3.05, 3.63) is 33.8 Å². The Kier molecular flexibility index (Phi) is 2.23. The van der Waals surface area contributed by atoms with E-state index in [4.69, 9.17) is 4.84 Å². The third kappa shape index (κ3) is 1.36. The Bertz CT molecular complexity index is 996. The Balaban J connectivity index is 1.91. The number of aromatic nitrogens is 3. The quantitative estimate of drug-likeness (QED) is 0.775. The number of nitrogens with one attached hydrogen (secondary N) is 1. The summed E-state index contributed by atoms with van der Waals surface area (Å²) in [6.45, 7) is 0. The molecule has 7 nitrogen and oxygen atoms in total. The van der Waals surface area contributed by atoms with Crippen molar-refractivity contribution in [3.8, 4) is 0 Å². The molecule has 5 rings (SSSR count). The van der Waals surface area contributed by atoms with Crippen LogP contribution in [0.1, 0.15) is 18.5 Å². The van der Waals surface area contributed by atoms with Crippen LogP contribution in [0.25, 0.3) is 15.9 Å². The minimum atomic E-state index is -0.817. The normalized spacial score (nSPS) is 24.4. The van der Waals surface area contributed by atoms with Crippen LogP contribution in [0.4, 0.5) is 0 Å². The smallest absolute Gasteiger partial charge is 0.271 e. The van der Waals surface area contributed by atoms with Crippen LogP contribution in [0.15, 0.2) is 27.6 Å². The van der Waals surface area contributed by atoms with Gasteiger partial charge in [-0.25, -0.2) is 14.8 Å². The molecule has 1 aliphatic heterocycles. The summed E-state index contributed by atoms with van der Waals surface area (Å²) in [7, 11) is 1.77. The zero-order valence-electron chi connectivity index (χ0n) is 11.8. The third-order valence-electron chi connectivity index (χ3n) is 4.46. The first-order valence-electron chi connectivity index (χ1n) is 7.13. The number of aliphatic imine (C=N–C) groups is 1. The first-order chi connectivity index (χ1) is 10.7. The summed E-state index contributed by atoms with van der Waals surface area (Å²) in [6.07, 6.45) is 5.41. The summed E-state index contributed by atoms with van der Waals surface area (Å²) >= 11 is 1.45. The van der Waals surface area contributed by atoms with Gasteiger partial charge in [-0.3, -0.25) is 19.2 Å². The molecule has 1 unspecified atom stereocenters. The molecule has 1 fully saturated rings. The second-order valence-corrected chi connectivity index (χ2v) is 6.65. The van der Waals surface area contributed by atoms with Gasteiger partial charge in [0.1, 0.15) is 28.7 Å². The monoisotopic (exact) mass is 315 g/mol. The number of hydrogen-bond donors (Lipinski definition) is 1. The van der Waals surface area contributed by atoms with Gasteiger partial charge in [0, 0.05) is 13.0 Å². The second-order valence-electron chi connectivity index (χ2n) is 5.73. The van der Waals surface area contributed by atoms with E-state index in [1.54, 1.807) is 24.3 Å². The van der Waals surface area contributed by atoms with Gasteiger partial charge in [-0.05, 0) is 24.3 Å². The Morgan fingerprint density at radius 1 is 1.50 bits per heavy atom. The summed E-state index contributed by atoms with van der Waals surface area (Å²) in [5.74, 6) is 0.297. The number of hydrogen-bond acceptors (Lipinski definition) is 6. The number of hydroxylamine groups is 1. The standard InChI is InChI=1S/C14H13N5O2S/c1-18-12-11(14(8-2-3-8)16-6-17-21-14)15-7-19(12)9-4-5-22-10(9)13(18)20/h4-8H,2-3H2,1H3,(H,16,17). The zero-order valence-corrected chi connectivity index (χ0v) is 12.6. The van der Waals surface area contributed by atoms with Crippen molar-refractivity contribution in [2.45, 2.75) is 18.6 Å². The maximum atomic E-state index is 12.6. The molecule has 0 aromatic carbocycles. The fourth-order valence-electron chi connectivity index (χ4n) is 3.22. The van der Waals surface area contributed by atoms with Gasteiger partial charge < -0.3 is 0 Å². The van der Waals surface area contributed by atoms with Crippen molar-refractivity contribution in [1.29, 1.82) is 0 Å². The molecule has 3 aromatic rings. The van der Waals surface area contributed by atoms with E-state index in [1.165, 1.54) is 11.3 Å². The van der Waals surface area contributed by atoms with Crippen molar-refractivity contribution in [2.24, 2.45) is 18.0 Å². The summed E-state index contributed by atoms with van der Waals surface area (Å²) in [4.78, 5) is 27.4. The highest BCUT2D eigenvalue weighted by Gasteiger charge is 2.53. The predicted molar refractivity (Wildman–Crippen MR) is 82.9 cm³/mol. The Morgan fingerprint density at radius 3 is 3.09 bits per heavy atom. The van der Waals surface area contributed by atoms with Crippen molar-refractivity contribution in [2.75, 3.05) is 0 Å². The van der Waals surface area contributed by atoms with Gasteiger partial charge in [-0.2, -0.15) is 0 Å². The van der Waals surface area contributed by atoms with Crippen LogP contribution in [0.5, 0.6) is 0 Å². The van der Waals surface area contributed by atoms with E-state index >= 15 is 0 Å². The van der Waals surface area contributed by atoms with Crippen LogP contribution in [-0.4, -0.2) is 20.3 Å². The van der Waals surface area contributed by atoms with Crippen molar-refractivity contribution in [1.82, 2.24) is 19.4 Å². The predicted octanol–water partition coefficient (Wildman–Crippen LogP) is 1.37. The van der Waals surface area contributed by atoms with E-state index in [-0.39, 0.29) is 5.56 Å². The second kappa shape index (κ2) is 3.96. The van der Waals surface area contributed by atoms with Gasteiger partial charge >= 0.3 is 0 Å². The maximum Gasteiger partial charge on any atom is 0.271 e. The molecule has 22 heavy (non-hydrogen) atoms. The molecule has 0 bridgehead atoms. The van der Waals surface area contributed by atoms with Gasteiger partial charge in [-0.15, -0.1) is 11.3 Å². The average Bonchev–Trinajstić information content (AvgIpc) is 2.98. The highest BCUT2D eigenvalue weighted by Crippen LogP contribution is 2.50. The highest BCUT2D eigenvalue weighted by atomic mass is 32.1. The molecule has 8 heteroatoms. The van der Waals surface area contributed by atoms with Gasteiger partial charge in [0.15, 0.2) is 0 Å². The molecule has 1 N–H and O–H groups in total. The van der Waals surface area contributed by atoms with Crippen LogP contribution in [0.3, 0.4) is 0 Å². The van der Waals surface area contributed by atoms with E-state index in [9.17, 15) is 4.79 Å². The van der Waals surface area contributed by atoms with Crippen LogP contribution in [-0.2, 0) is 17.6 Å². The van der Waals surface area contributed by atoms with Crippen LogP contribution < -0.4 is 11.0 Å². The van der Waals surface area contributed by atoms with Crippen molar-refractivity contribution >= 4 is 33.5 Å². The number of nitrogens with zero attached hydrogens (tertiary/aromatic N) is 4. The Hall–Kier alpha value is -2.19. The molecule has 1 atom stereocenters. The fourth-order valence-corrected chi connectivity index (χ4v) is 4.08. The molecule has 0 amide bonds. The number of rotatable bonds is 2. The first kappa shape index (κ1) is 12.4. The van der Waals surface area contributed by atoms with E-state index in [0.717, 1.165) is 28.7 Å². The molecule has 1 saturated carbocycles. The minimum absolute atomic E-state index is 0.0138. The number of thiophene rings is 1. The van der Waals surface area contributed by atoms with Crippen LogP contribution in [0, 0.1) is 5.92 Å². The minimum Gasteiger partial charge on any atom is -0.294 e. The van der Waals surface area contributed by atoms with Crippen LogP contribution in [0.2, 0.25) is 0 Å². The van der Waals surface area contributed by atoms with Crippen LogP contribution >= 0.6 is 11.3 Å². The largest absolute Gasteiger partial charge is 0.294 e. The molecule has 2 aliphatic rings. The summed E-state index contributed by atoms with van der Waals surface area (Å²) in [6, 6.07) is 1.95. The summed E-state index contributed by atoms with van der Waals surface area (Å²) in [5, 5.41) is 1.92. The number of imidazole rings is 1. The Labute approximate surface area is 128 Å². The third-order valence-corrected chi connectivity index (χ3v) is 5.35. The number of aryl methyl sites for hydroxylation is 1. The van der Waals surface area contributed by atoms with E-state index in [0.29, 0.717) is 11.6 Å². The SMILES string of the molecule is Cn1c(=O)c2sccc2n2cnc(C3(C4CC4)N=CNO3)c12. The van der Waals surface area contributed by atoms with E-state index < -0.39 is 5.72 Å². The molecule has 1 aliphatic carbocycles. The van der Waals surface area contributed by atoms with Crippen molar-refractivity contribution in [3.63, 3.8) is 0 Å². The molecule has 112 valence electrons. The van der Waals surface area contributed by atoms with Crippen molar-refractivity contribution < 1.29 is 4.84 Å². The Morgan fingerprint density at radius 2 is 2.36 bits per heavy atom. The fraction of sp³-hybridized carbons (Fsp3) is 0.357. The number of fused-ring (bicyclic) bond motifs is 3. The lowest BCUT2D eigenvalue weighted by atomic mass is 10.1. The molecule has 0 saturated heterocycles. The lowest BCUT2D eigenvalue weighted by Crippen LogP contribution is -2.32. The molecule has 3 aromatic heterocycles. The first-order valence-corrected chi connectivity index (χ1v) is 8.01. The van der Waals surface area contributed by atoms with Gasteiger partial charge in [0.05, 0.1) is 5.52 Å². The summed E-state index contributed by atoms with van der Waals surface area (Å²) < 4.78 is 4.32. The lowest BCUT2D eigenvalue weighted by molar-refractivity contribution is -0.0767. The molecular weight excluding hydrogens is 302 g/mol. The molecule has 0 radical (unpaired) electrons. The molecule has 0 spiro atoms. The van der Waals surface area contributed by atoms with Gasteiger partial charge in [0.25, 0.3) is 5.56 Å². The summed E-state index contributed by atoms with van der Waals surface area (Å²) in [5.41, 5.74) is 4.21. The molecular formula is C14H13N5O2S. The highest BCUT2D eigenvalue weighted by molar-refractivity contribution is 7.17. The topological polar surface area (TPSA) is 72.9 Å².